The summed E-state index contributed by atoms with van der Waals surface area (Å²) in [5, 5.41) is 4.78. The molecule has 0 spiro atoms. The quantitative estimate of drug-likeness (QED) is 0.459. The summed E-state index contributed by atoms with van der Waals surface area (Å²) in [6, 6.07) is 16.6. The number of hydrogen-bond donors (Lipinski definition) is 2. The molecule has 4 aromatic rings. The fourth-order valence-corrected chi connectivity index (χ4v) is 4.23. The smallest absolute Gasteiger partial charge is 0.220 e. The molecule has 8 heteroatoms. The van der Waals surface area contributed by atoms with Crippen molar-refractivity contribution >= 4 is 29.0 Å². The van der Waals surface area contributed by atoms with Crippen LogP contribution in [0.4, 0.5) is 5.82 Å². The van der Waals surface area contributed by atoms with E-state index in [1.807, 2.05) is 49.4 Å². The van der Waals surface area contributed by atoms with Gasteiger partial charge in [0, 0.05) is 27.9 Å². The number of anilines is 1. The number of pyridine rings is 1. The lowest BCUT2D eigenvalue weighted by molar-refractivity contribution is -0.118. The van der Waals surface area contributed by atoms with Crippen LogP contribution in [0.1, 0.15) is 35.0 Å². The molecule has 2 aromatic carbocycles. The summed E-state index contributed by atoms with van der Waals surface area (Å²) in [6.45, 7) is 1.87. The van der Waals surface area contributed by atoms with Gasteiger partial charge in [-0.1, -0.05) is 41.0 Å². The molecule has 0 unspecified atom stereocenters. The minimum Gasteiger partial charge on any atom is -0.384 e. The Morgan fingerprint density at radius 1 is 1.03 bits per heavy atom. The summed E-state index contributed by atoms with van der Waals surface area (Å²) in [4.78, 5) is 21.1. The Balaban J connectivity index is 1.78. The van der Waals surface area contributed by atoms with E-state index < -0.39 is 11.9 Å². The van der Waals surface area contributed by atoms with E-state index in [0.29, 0.717) is 22.3 Å². The number of benzene rings is 2. The molecule has 0 aliphatic carbocycles. The number of halogens is 1. The Bertz CT molecular complexity index is 1390. The number of amides is 1. The first-order chi connectivity index (χ1) is 15.9. The van der Waals surface area contributed by atoms with Crippen molar-refractivity contribution < 1.29 is 9.32 Å². The standard InChI is InChI=1S/C25H20ClN5O2/c1-13-23-18-8-4-15(16-5-9-21(27)29-12-16)10-19(18)24(14-2-6-17(26)7-3-14)30-20(11-22(28)32)25(23)33-31-13/h2-10,12,20H,11H2,1H3,(H2,27,29)(H2,28,32)/t20-/m0/s1. The molecular formula is C25H20ClN5O2. The topological polar surface area (TPSA) is 120 Å². The average molecular weight is 458 g/mol. The molecule has 5 rings (SSSR count). The largest absolute Gasteiger partial charge is 0.384 e. The van der Waals surface area contributed by atoms with Gasteiger partial charge in [0.25, 0.3) is 0 Å². The Labute approximate surface area is 195 Å². The molecule has 0 saturated carbocycles. The van der Waals surface area contributed by atoms with Crippen molar-refractivity contribution in [2.45, 2.75) is 19.4 Å². The second-order valence-corrected chi connectivity index (χ2v) is 8.35. The van der Waals surface area contributed by atoms with Crippen LogP contribution >= 0.6 is 11.6 Å². The van der Waals surface area contributed by atoms with Gasteiger partial charge in [-0.3, -0.25) is 9.79 Å². The van der Waals surface area contributed by atoms with Gasteiger partial charge in [0.2, 0.25) is 5.91 Å². The zero-order chi connectivity index (χ0) is 23.1. The van der Waals surface area contributed by atoms with Crippen molar-refractivity contribution in [1.29, 1.82) is 0 Å². The van der Waals surface area contributed by atoms with Gasteiger partial charge in [0.05, 0.1) is 23.4 Å². The molecule has 0 bridgehead atoms. The van der Waals surface area contributed by atoms with E-state index in [4.69, 9.17) is 32.6 Å². The Morgan fingerprint density at radius 3 is 2.45 bits per heavy atom. The zero-order valence-electron chi connectivity index (χ0n) is 17.7. The lowest BCUT2D eigenvalue weighted by Crippen LogP contribution is -2.15. The van der Waals surface area contributed by atoms with Gasteiger partial charge in [-0.15, -0.1) is 0 Å². The molecular weight excluding hydrogens is 438 g/mol. The molecule has 2 aromatic heterocycles. The second kappa shape index (κ2) is 8.18. The summed E-state index contributed by atoms with van der Waals surface area (Å²) in [6.07, 6.45) is 1.74. The van der Waals surface area contributed by atoms with Crippen LogP contribution in [0.15, 0.2) is 70.3 Å². The zero-order valence-corrected chi connectivity index (χ0v) is 18.5. The highest BCUT2D eigenvalue weighted by Crippen LogP contribution is 2.42. The number of nitrogens with two attached hydrogens (primary N) is 2. The van der Waals surface area contributed by atoms with E-state index in [2.05, 4.69) is 16.2 Å². The Hall–Kier alpha value is -3.97. The minimum absolute atomic E-state index is 0.00144. The fraction of sp³-hybridized carbons (Fsp3) is 0.120. The number of hydrogen-bond acceptors (Lipinski definition) is 6. The van der Waals surface area contributed by atoms with E-state index in [1.54, 1.807) is 12.3 Å². The Kier molecular flexibility index (Phi) is 5.18. The maximum atomic E-state index is 11.9. The van der Waals surface area contributed by atoms with Crippen LogP contribution < -0.4 is 11.5 Å². The number of fused-ring (bicyclic) bond motifs is 3. The first kappa shape index (κ1) is 20.9. The highest BCUT2D eigenvalue weighted by molar-refractivity contribution is 6.30. The molecule has 0 radical (unpaired) electrons. The number of carbonyl (C=O) groups excluding carboxylic acids is 1. The van der Waals surface area contributed by atoms with Crippen molar-refractivity contribution in [1.82, 2.24) is 10.1 Å². The van der Waals surface area contributed by atoms with Gasteiger partial charge in [0.1, 0.15) is 11.9 Å². The normalized spacial score (nSPS) is 14.7. The van der Waals surface area contributed by atoms with Gasteiger partial charge < -0.3 is 16.0 Å². The summed E-state index contributed by atoms with van der Waals surface area (Å²) in [5.41, 5.74) is 18.1. The average Bonchev–Trinajstić information content (AvgIpc) is 3.12. The van der Waals surface area contributed by atoms with Crippen LogP contribution in [-0.4, -0.2) is 21.8 Å². The summed E-state index contributed by atoms with van der Waals surface area (Å²) in [7, 11) is 0. The van der Waals surface area contributed by atoms with Crippen molar-refractivity contribution in [2.24, 2.45) is 10.7 Å². The number of aryl methyl sites for hydroxylation is 1. The van der Waals surface area contributed by atoms with Crippen molar-refractivity contribution in [3.63, 3.8) is 0 Å². The Morgan fingerprint density at radius 2 is 1.76 bits per heavy atom. The number of nitrogen functional groups attached to an aromatic ring is 1. The highest BCUT2D eigenvalue weighted by Gasteiger charge is 2.31. The summed E-state index contributed by atoms with van der Waals surface area (Å²) < 4.78 is 5.66. The molecule has 3 heterocycles. The van der Waals surface area contributed by atoms with E-state index >= 15 is 0 Å². The van der Waals surface area contributed by atoms with Crippen LogP contribution in [0.5, 0.6) is 0 Å². The van der Waals surface area contributed by atoms with Crippen molar-refractivity contribution in [3.8, 4) is 22.3 Å². The fourth-order valence-electron chi connectivity index (χ4n) is 4.11. The van der Waals surface area contributed by atoms with E-state index in [1.165, 1.54) is 0 Å². The van der Waals surface area contributed by atoms with Gasteiger partial charge in [0.15, 0.2) is 5.76 Å². The maximum absolute atomic E-state index is 11.9. The van der Waals surface area contributed by atoms with E-state index in [9.17, 15) is 4.79 Å². The van der Waals surface area contributed by atoms with Gasteiger partial charge in [-0.2, -0.15) is 0 Å². The summed E-state index contributed by atoms with van der Waals surface area (Å²) in [5.74, 6) is 0.508. The molecule has 0 saturated heterocycles. The number of nitrogens with zero attached hydrogens (tertiary/aromatic N) is 3. The number of carbonyl (C=O) groups is 1. The third kappa shape index (κ3) is 3.87. The first-order valence-electron chi connectivity index (χ1n) is 10.4. The molecule has 1 atom stereocenters. The van der Waals surface area contributed by atoms with Crippen LogP contribution in [0.25, 0.3) is 22.3 Å². The van der Waals surface area contributed by atoms with Crippen LogP contribution in [0, 0.1) is 6.92 Å². The van der Waals surface area contributed by atoms with Crippen molar-refractivity contribution in [2.75, 3.05) is 5.73 Å². The molecule has 33 heavy (non-hydrogen) atoms. The SMILES string of the molecule is Cc1noc2c1-c1ccc(-c3ccc(N)nc3)cc1C(c1ccc(Cl)cc1)=N[C@H]2CC(N)=O. The lowest BCUT2D eigenvalue weighted by atomic mass is 9.90. The van der Waals surface area contributed by atoms with E-state index in [0.717, 1.165) is 39.1 Å². The highest BCUT2D eigenvalue weighted by atomic mass is 35.5. The van der Waals surface area contributed by atoms with Crippen LogP contribution in [0.3, 0.4) is 0 Å². The maximum Gasteiger partial charge on any atom is 0.220 e. The van der Waals surface area contributed by atoms with E-state index in [-0.39, 0.29) is 6.42 Å². The lowest BCUT2D eigenvalue weighted by Gasteiger charge is -2.13. The van der Waals surface area contributed by atoms with Gasteiger partial charge in [-0.25, -0.2) is 4.98 Å². The van der Waals surface area contributed by atoms with Crippen LogP contribution in [-0.2, 0) is 4.79 Å². The molecule has 164 valence electrons. The molecule has 4 N–H and O–H groups in total. The summed E-state index contributed by atoms with van der Waals surface area (Å²) >= 11 is 6.13. The third-order valence-corrected chi connectivity index (χ3v) is 5.90. The monoisotopic (exact) mass is 457 g/mol. The predicted octanol–water partition coefficient (Wildman–Crippen LogP) is 4.72. The second-order valence-electron chi connectivity index (χ2n) is 7.91. The first-order valence-corrected chi connectivity index (χ1v) is 10.7. The number of rotatable bonds is 4. The molecule has 1 aliphatic rings. The van der Waals surface area contributed by atoms with Crippen molar-refractivity contribution in [3.05, 3.63) is 88.4 Å². The number of primary amides is 1. The van der Waals surface area contributed by atoms with Gasteiger partial charge >= 0.3 is 0 Å². The van der Waals surface area contributed by atoms with Crippen LogP contribution in [0.2, 0.25) is 5.02 Å². The molecule has 7 nitrogen and oxygen atoms in total. The number of aromatic nitrogens is 2. The molecule has 1 amide bonds. The molecule has 1 aliphatic heterocycles. The third-order valence-electron chi connectivity index (χ3n) is 5.65. The van der Waals surface area contributed by atoms with Gasteiger partial charge in [-0.05, 0) is 48.4 Å². The minimum atomic E-state index is -0.599. The number of aliphatic imine (C=N–C) groups is 1. The molecule has 0 fully saturated rings. The predicted molar refractivity (Wildman–Crippen MR) is 128 cm³/mol.